The van der Waals surface area contributed by atoms with Crippen LogP contribution in [0.15, 0.2) is 18.2 Å². The molecule has 1 atom stereocenters. The smallest absolute Gasteiger partial charge is 0.0952 e. The van der Waals surface area contributed by atoms with Gasteiger partial charge in [0.2, 0.25) is 0 Å². The molecule has 3 heteroatoms. The summed E-state index contributed by atoms with van der Waals surface area (Å²) in [7, 11) is 1.93. The molecule has 0 aromatic heterocycles. The van der Waals surface area contributed by atoms with Gasteiger partial charge in [0.15, 0.2) is 0 Å². The topological polar surface area (TPSA) is 21.3 Å². The zero-order valence-corrected chi connectivity index (χ0v) is 8.97. The molecule has 1 aliphatic rings. The number of rotatable bonds is 2. The molecule has 1 heterocycles. The maximum absolute atomic E-state index is 5.97. The van der Waals surface area contributed by atoms with Crippen LogP contribution in [-0.4, -0.2) is 20.2 Å². The Kier molecular flexibility index (Phi) is 3.06. The standard InChI is InChI=1S/C11H14ClNO/c1-13-7-11-10-6-9(12)3-2-8(10)4-5-14-11/h2-3,6,11,13H,4-5,7H2,1H3. The third-order valence-electron chi connectivity index (χ3n) is 2.53. The summed E-state index contributed by atoms with van der Waals surface area (Å²) in [5.41, 5.74) is 2.60. The van der Waals surface area contributed by atoms with E-state index in [1.54, 1.807) is 0 Å². The van der Waals surface area contributed by atoms with E-state index in [1.165, 1.54) is 11.1 Å². The van der Waals surface area contributed by atoms with Crippen molar-refractivity contribution in [2.24, 2.45) is 0 Å². The summed E-state index contributed by atoms with van der Waals surface area (Å²) in [5.74, 6) is 0. The summed E-state index contributed by atoms with van der Waals surface area (Å²) < 4.78 is 5.68. The molecule has 1 aromatic carbocycles. The van der Waals surface area contributed by atoms with Crippen LogP contribution in [0.4, 0.5) is 0 Å². The van der Waals surface area contributed by atoms with Gasteiger partial charge < -0.3 is 10.1 Å². The summed E-state index contributed by atoms with van der Waals surface area (Å²) in [6.45, 7) is 1.65. The molecule has 2 nitrogen and oxygen atoms in total. The zero-order valence-electron chi connectivity index (χ0n) is 8.22. The van der Waals surface area contributed by atoms with Crippen molar-refractivity contribution in [1.29, 1.82) is 0 Å². The van der Waals surface area contributed by atoms with Crippen LogP contribution < -0.4 is 5.32 Å². The molecule has 0 bridgehead atoms. The molecule has 76 valence electrons. The highest BCUT2D eigenvalue weighted by Crippen LogP contribution is 2.28. The van der Waals surface area contributed by atoms with Gasteiger partial charge in [-0.2, -0.15) is 0 Å². The lowest BCUT2D eigenvalue weighted by Crippen LogP contribution is -2.25. The van der Waals surface area contributed by atoms with E-state index in [2.05, 4.69) is 11.4 Å². The van der Waals surface area contributed by atoms with E-state index in [-0.39, 0.29) is 6.10 Å². The number of ether oxygens (including phenoxy) is 1. The van der Waals surface area contributed by atoms with Crippen LogP contribution in [0.2, 0.25) is 5.02 Å². The van der Waals surface area contributed by atoms with Crippen molar-refractivity contribution in [3.8, 4) is 0 Å². The largest absolute Gasteiger partial charge is 0.372 e. The average molecular weight is 212 g/mol. The Balaban J connectivity index is 2.32. The van der Waals surface area contributed by atoms with E-state index in [0.717, 1.165) is 24.6 Å². The van der Waals surface area contributed by atoms with Crippen LogP contribution >= 0.6 is 11.6 Å². The Bertz CT molecular complexity index is 327. The first-order valence-corrected chi connectivity index (χ1v) is 5.23. The van der Waals surface area contributed by atoms with Crippen LogP contribution in [-0.2, 0) is 11.2 Å². The van der Waals surface area contributed by atoms with Crippen molar-refractivity contribution in [3.05, 3.63) is 34.3 Å². The molecule has 1 aliphatic heterocycles. The minimum atomic E-state index is 0.155. The van der Waals surface area contributed by atoms with Crippen molar-refractivity contribution in [2.75, 3.05) is 20.2 Å². The Morgan fingerprint density at radius 2 is 2.43 bits per heavy atom. The van der Waals surface area contributed by atoms with Crippen LogP contribution in [0.1, 0.15) is 17.2 Å². The van der Waals surface area contributed by atoms with Gasteiger partial charge in [-0.1, -0.05) is 17.7 Å². The summed E-state index contributed by atoms with van der Waals surface area (Å²) in [6, 6.07) is 6.06. The number of fused-ring (bicyclic) bond motifs is 1. The van der Waals surface area contributed by atoms with Gasteiger partial charge in [0, 0.05) is 11.6 Å². The van der Waals surface area contributed by atoms with Crippen LogP contribution in [0.3, 0.4) is 0 Å². The lowest BCUT2D eigenvalue weighted by molar-refractivity contribution is 0.0438. The van der Waals surface area contributed by atoms with Gasteiger partial charge in [-0.15, -0.1) is 0 Å². The van der Waals surface area contributed by atoms with Crippen molar-refractivity contribution < 1.29 is 4.74 Å². The third kappa shape index (κ3) is 1.92. The molecule has 1 unspecified atom stereocenters. The van der Waals surface area contributed by atoms with Gasteiger partial charge >= 0.3 is 0 Å². The quantitative estimate of drug-likeness (QED) is 0.810. The molecule has 0 saturated carbocycles. The number of nitrogens with one attached hydrogen (secondary N) is 1. The number of hydrogen-bond donors (Lipinski definition) is 1. The molecule has 0 spiro atoms. The predicted molar refractivity (Wildman–Crippen MR) is 57.8 cm³/mol. The number of benzene rings is 1. The third-order valence-corrected chi connectivity index (χ3v) is 2.77. The molecule has 1 aromatic rings. The molecular weight excluding hydrogens is 198 g/mol. The Hall–Kier alpha value is -0.570. The highest BCUT2D eigenvalue weighted by atomic mass is 35.5. The lowest BCUT2D eigenvalue weighted by Gasteiger charge is -2.26. The molecule has 14 heavy (non-hydrogen) atoms. The lowest BCUT2D eigenvalue weighted by atomic mass is 9.97. The highest BCUT2D eigenvalue weighted by molar-refractivity contribution is 6.30. The molecule has 0 radical (unpaired) electrons. The van der Waals surface area contributed by atoms with Crippen LogP contribution in [0.5, 0.6) is 0 Å². The van der Waals surface area contributed by atoms with Gasteiger partial charge in [-0.3, -0.25) is 0 Å². The molecule has 1 N–H and O–H groups in total. The van der Waals surface area contributed by atoms with E-state index < -0.39 is 0 Å². The van der Waals surface area contributed by atoms with Gasteiger partial charge in [0.25, 0.3) is 0 Å². The predicted octanol–water partition coefficient (Wildman–Crippen LogP) is 2.17. The van der Waals surface area contributed by atoms with Crippen LogP contribution in [0, 0.1) is 0 Å². The molecule has 2 rings (SSSR count). The molecule has 0 amide bonds. The summed E-state index contributed by atoms with van der Waals surface area (Å²) in [6.07, 6.45) is 1.15. The van der Waals surface area contributed by atoms with Crippen molar-refractivity contribution in [3.63, 3.8) is 0 Å². The van der Waals surface area contributed by atoms with E-state index >= 15 is 0 Å². The second-order valence-electron chi connectivity index (χ2n) is 3.51. The highest BCUT2D eigenvalue weighted by Gasteiger charge is 2.19. The Morgan fingerprint density at radius 1 is 1.57 bits per heavy atom. The summed E-state index contributed by atoms with van der Waals surface area (Å²) >= 11 is 5.97. The second kappa shape index (κ2) is 4.30. The van der Waals surface area contributed by atoms with E-state index in [9.17, 15) is 0 Å². The molecular formula is C11H14ClNO. The first-order valence-electron chi connectivity index (χ1n) is 4.86. The monoisotopic (exact) mass is 211 g/mol. The Morgan fingerprint density at radius 3 is 3.21 bits per heavy atom. The first kappa shape index (κ1) is 9.97. The average Bonchev–Trinajstić information content (AvgIpc) is 2.19. The zero-order chi connectivity index (χ0) is 9.97. The van der Waals surface area contributed by atoms with Gasteiger partial charge in [0.05, 0.1) is 12.7 Å². The summed E-state index contributed by atoms with van der Waals surface area (Å²) in [5, 5.41) is 3.92. The normalized spacial score (nSPS) is 20.6. The Labute approximate surface area is 89.2 Å². The number of likely N-dealkylation sites (N-methyl/N-ethyl adjacent to an activating group) is 1. The first-order chi connectivity index (χ1) is 6.81. The maximum atomic E-state index is 5.97. The minimum absolute atomic E-state index is 0.155. The van der Waals surface area contributed by atoms with Crippen molar-refractivity contribution in [1.82, 2.24) is 5.32 Å². The van der Waals surface area contributed by atoms with E-state index in [1.807, 2.05) is 19.2 Å². The summed E-state index contributed by atoms with van der Waals surface area (Å²) in [4.78, 5) is 0. The fraction of sp³-hybridized carbons (Fsp3) is 0.455. The SMILES string of the molecule is CNCC1OCCc2ccc(Cl)cc21. The van der Waals surface area contributed by atoms with Crippen LogP contribution in [0.25, 0.3) is 0 Å². The van der Waals surface area contributed by atoms with E-state index in [4.69, 9.17) is 16.3 Å². The maximum Gasteiger partial charge on any atom is 0.0952 e. The van der Waals surface area contributed by atoms with Gasteiger partial charge in [-0.25, -0.2) is 0 Å². The fourth-order valence-corrected chi connectivity index (χ4v) is 2.03. The molecule has 0 aliphatic carbocycles. The molecule has 0 saturated heterocycles. The van der Waals surface area contributed by atoms with Gasteiger partial charge in [-0.05, 0) is 36.7 Å². The molecule has 0 fully saturated rings. The van der Waals surface area contributed by atoms with Crippen molar-refractivity contribution >= 4 is 11.6 Å². The second-order valence-corrected chi connectivity index (χ2v) is 3.95. The van der Waals surface area contributed by atoms with E-state index in [0.29, 0.717) is 0 Å². The van der Waals surface area contributed by atoms with Crippen molar-refractivity contribution in [2.45, 2.75) is 12.5 Å². The number of halogens is 1. The minimum Gasteiger partial charge on any atom is -0.372 e. The number of hydrogen-bond acceptors (Lipinski definition) is 2. The van der Waals surface area contributed by atoms with Gasteiger partial charge in [0.1, 0.15) is 0 Å². The fourth-order valence-electron chi connectivity index (χ4n) is 1.85.